The fourth-order valence-electron chi connectivity index (χ4n) is 4.78. The van der Waals surface area contributed by atoms with Gasteiger partial charge in [0.25, 0.3) is 0 Å². The molecule has 1 fully saturated rings. The zero-order chi connectivity index (χ0) is 26.9. The van der Waals surface area contributed by atoms with Crippen molar-refractivity contribution in [2.24, 2.45) is 0 Å². The van der Waals surface area contributed by atoms with Crippen LogP contribution in [0.15, 0.2) is 12.1 Å². The van der Waals surface area contributed by atoms with Crippen LogP contribution in [0, 0.1) is 12.3 Å². The number of nitrogens with zero attached hydrogens (tertiary/aromatic N) is 5. The van der Waals surface area contributed by atoms with Gasteiger partial charge in [0.05, 0.1) is 32.6 Å². The molecule has 0 amide bonds. The van der Waals surface area contributed by atoms with Crippen LogP contribution in [0.1, 0.15) is 61.7 Å². The first-order valence-corrected chi connectivity index (χ1v) is 12.9. The number of fused-ring (bicyclic) bond motifs is 1. The number of morpholine rings is 1. The van der Waals surface area contributed by atoms with Crippen molar-refractivity contribution in [2.45, 2.75) is 59.9 Å². The normalized spacial score (nSPS) is 14.3. The Morgan fingerprint density at radius 3 is 2.46 bits per heavy atom. The predicted octanol–water partition coefficient (Wildman–Crippen LogP) is 3.31. The molecule has 10 nitrogen and oxygen atoms in total. The van der Waals surface area contributed by atoms with Gasteiger partial charge in [0.1, 0.15) is 12.3 Å². The first kappa shape index (κ1) is 26.7. The summed E-state index contributed by atoms with van der Waals surface area (Å²) in [4.78, 5) is 15.9. The van der Waals surface area contributed by atoms with Gasteiger partial charge in [0, 0.05) is 35.3 Å². The molecule has 1 saturated heterocycles. The van der Waals surface area contributed by atoms with Gasteiger partial charge in [0.15, 0.2) is 11.4 Å². The Hall–Kier alpha value is -3.40. The van der Waals surface area contributed by atoms with Crippen LogP contribution in [0.2, 0.25) is 0 Å². The summed E-state index contributed by atoms with van der Waals surface area (Å²) in [7, 11) is 1.67. The van der Waals surface area contributed by atoms with E-state index in [2.05, 4.69) is 35.9 Å². The first-order valence-electron chi connectivity index (χ1n) is 12.9. The van der Waals surface area contributed by atoms with Crippen molar-refractivity contribution in [1.82, 2.24) is 19.4 Å². The molecule has 200 valence electrons. The molecule has 10 heteroatoms. The SMILES string of the molecule is CCOc1nn2c(=N)n(CC(=O)c3cc(N4CCOCC4)c(OC)c(C(C)(C)C)c3)nc2c(CC)c1C. The Morgan fingerprint density at radius 2 is 1.86 bits per heavy atom. The maximum Gasteiger partial charge on any atom is 0.242 e. The molecular formula is C27H38N6O4. The van der Waals surface area contributed by atoms with Gasteiger partial charge in [-0.2, -0.15) is 4.52 Å². The summed E-state index contributed by atoms with van der Waals surface area (Å²) < 4.78 is 20.0. The van der Waals surface area contributed by atoms with E-state index in [-0.39, 0.29) is 23.4 Å². The highest BCUT2D eigenvalue weighted by molar-refractivity contribution is 5.97. The first-order chi connectivity index (χ1) is 17.6. The third kappa shape index (κ3) is 5.07. The lowest BCUT2D eigenvalue weighted by molar-refractivity contribution is 0.0965. The molecule has 1 aliphatic heterocycles. The van der Waals surface area contributed by atoms with Crippen LogP contribution in [0.25, 0.3) is 5.65 Å². The van der Waals surface area contributed by atoms with Crippen molar-refractivity contribution in [2.75, 3.05) is 44.9 Å². The van der Waals surface area contributed by atoms with Crippen molar-refractivity contribution in [1.29, 1.82) is 5.41 Å². The van der Waals surface area contributed by atoms with E-state index >= 15 is 0 Å². The topological polar surface area (TPSA) is 107 Å². The van der Waals surface area contributed by atoms with Gasteiger partial charge in [-0.1, -0.05) is 27.7 Å². The minimum absolute atomic E-state index is 0.0250. The van der Waals surface area contributed by atoms with Gasteiger partial charge < -0.3 is 19.1 Å². The lowest BCUT2D eigenvalue weighted by Gasteiger charge is -2.33. The number of Topliss-reactive ketones (excluding diaryl/α,β-unsaturated/α-hetero) is 1. The van der Waals surface area contributed by atoms with E-state index in [1.165, 1.54) is 9.20 Å². The standard InChI is InChI=1S/C27H38N6O4/c1-8-19-17(3)25(37-9-2)30-33-24(19)29-32(26(33)28)16-22(34)18-14-20(27(4,5)6)23(35-7)21(15-18)31-10-12-36-13-11-31/h14-15,28H,8-13,16H2,1-7H3. The lowest BCUT2D eigenvalue weighted by atomic mass is 9.84. The van der Waals surface area contributed by atoms with Crippen molar-refractivity contribution >= 4 is 17.1 Å². The fourth-order valence-corrected chi connectivity index (χ4v) is 4.78. The number of aryl methyl sites for hydroxylation is 1. The largest absolute Gasteiger partial charge is 0.494 e. The van der Waals surface area contributed by atoms with E-state index < -0.39 is 0 Å². The van der Waals surface area contributed by atoms with Crippen LogP contribution in [0.4, 0.5) is 5.69 Å². The van der Waals surface area contributed by atoms with Gasteiger partial charge in [0.2, 0.25) is 11.5 Å². The summed E-state index contributed by atoms with van der Waals surface area (Å²) in [6, 6.07) is 3.81. The highest BCUT2D eigenvalue weighted by Crippen LogP contribution is 2.40. The molecule has 1 N–H and O–H groups in total. The Bertz CT molecular complexity index is 1360. The second-order valence-corrected chi connectivity index (χ2v) is 10.3. The highest BCUT2D eigenvalue weighted by atomic mass is 16.5. The van der Waals surface area contributed by atoms with Gasteiger partial charge in [-0.05, 0) is 37.8 Å². The van der Waals surface area contributed by atoms with Gasteiger partial charge in [-0.3, -0.25) is 10.2 Å². The summed E-state index contributed by atoms with van der Waals surface area (Å²) in [5.41, 5.74) is 4.61. The second kappa shape index (κ2) is 10.5. The molecule has 3 heterocycles. The molecule has 0 aliphatic carbocycles. The van der Waals surface area contributed by atoms with Crippen LogP contribution in [-0.2, 0) is 23.1 Å². The molecule has 4 rings (SSSR count). The molecule has 0 atom stereocenters. The van der Waals surface area contributed by atoms with E-state index in [0.717, 1.165) is 41.2 Å². The third-order valence-corrected chi connectivity index (χ3v) is 6.78. The molecule has 0 bridgehead atoms. The Morgan fingerprint density at radius 1 is 1.16 bits per heavy atom. The molecule has 1 aliphatic rings. The second-order valence-electron chi connectivity index (χ2n) is 10.3. The minimum Gasteiger partial charge on any atom is -0.494 e. The van der Waals surface area contributed by atoms with Gasteiger partial charge in [-0.25, -0.2) is 4.68 Å². The van der Waals surface area contributed by atoms with Crippen molar-refractivity contribution in [3.05, 3.63) is 40.0 Å². The smallest absolute Gasteiger partial charge is 0.242 e. The van der Waals surface area contributed by atoms with Gasteiger partial charge in [-0.15, -0.1) is 10.2 Å². The Labute approximate surface area is 217 Å². The van der Waals surface area contributed by atoms with Crippen LogP contribution in [-0.4, -0.2) is 65.2 Å². The number of nitrogens with one attached hydrogen (secondary N) is 1. The average Bonchev–Trinajstić information content (AvgIpc) is 3.18. The molecule has 37 heavy (non-hydrogen) atoms. The molecule has 1 aromatic carbocycles. The number of rotatable bonds is 8. The molecule has 0 radical (unpaired) electrons. The summed E-state index contributed by atoms with van der Waals surface area (Å²) >= 11 is 0. The van der Waals surface area contributed by atoms with Crippen LogP contribution >= 0.6 is 0 Å². The maximum atomic E-state index is 13.7. The zero-order valence-corrected chi connectivity index (χ0v) is 23.0. The Balaban J connectivity index is 1.78. The summed E-state index contributed by atoms with van der Waals surface area (Å²) in [5, 5.41) is 17.8. The van der Waals surface area contributed by atoms with Crippen LogP contribution in [0.5, 0.6) is 11.6 Å². The van der Waals surface area contributed by atoms with Crippen molar-refractivity contribution in [3.8, 4) is 11.6 Å². The number of ketones is 1. The number of carbonyl (C=O) groups is 1. The number of aromatic nitrogens is 4. The Kier molecular flexibility index (Phi) is 7.59. The maximum absolute atomic E-state index is 13.7. The summed E-state index contributed by atoms with van der Waals surface area (Å²) in [5.74, 6) is 1.13. The van der Waals surface area contributed by atoms with E-state index in [9.17, 15) is 4.79 Å². The van der Waals surface area contributed by atoms with E-state index in [1.807, 2.05) is 32.9 Å². The number of hydrogen-bond donors (Lipinski definition) is 1. The van der Waals surface area contributed by atoms with Crippen LogP contribution < -0.4 is 20.0 Å². The predicted molar refractivity (Wildman–Crippen MR) is 141 cm³/mol. The summed E-state index contributed by atoms with van der Waals surface area (Å²) in [6.07, 6.45) is 0.707. The number of carbonyl (C=O) groups excluding carboxylic acids is 1. The van der Waals surface area contributed by atoms with Crippen molar-refractivity contribution in [3.63, 3.8) is 0 Å². The molecule has 0 saturated carbocycles. The quantitative estimate of drug-likeness (QED) is 0.463. The monoisotopic (exact) mass is 510 g/mol. The van der Waals surface area contributed by atoms with Gasteiger partial charge >= 0.3 is 0 Å². The third-order valence-electron chi connectivity index (χ3n) is 6.78. The number of benzene rings is 1. The van der Waals surface area contributed by atoms with E-state index in [1.54, 1.807) is 7.11 Å². The molecular weight excluding hydrogens is 472 g/mol. The molecule has 3 aromatic rings. The molecule has 0 spiro atoms. The summed E-state index contributed by atoms with van der Waals surface area (Å²) in [6.45, 7) is 15.3. The lowest BCUT2D eigenvalue weighted by Crippen LogP contribution is -2.37. The van der Waals surface area contributed by atoms with E-state index in [0.29, 0.717) is 43.3 Å². The number of ether oxygens (including phenoxy) is 3. The van der Waals surface area contributed by atoms with E-state index in [4.69, 9.17) is 19.6 Å². The highest BCUT2D eigenvalue weighted by Gasteiger charge is 2.27. The number of methoxy groups -OCH3 is 1. The number of anilines is 1. The van der Waals surface area contributed by atoms with Crippen molar-refractivity contribution < 1.29 is 19.0 Å². The molecule has 2 aromatic heterocycles. The molecule has 0 unspecified atom stereocenters. The fraction of sp³-hybridized carbons (Fsp3) is 0.556. The minimum atomic E-state index is -0.243. The zero-order valence-electron chi connectivity index (χ0n) is 23.0. The van der Waals surface area contributed by atoms with Crippen LogP contribution in [0.3, 0.4) is 0 Å². The number of hydrogen-bond acceptors (Lipinski definition) is 8. The average molecular weight is 511 g/mol.